The average Bonchev–Trinajstić information content (AvgIpc) is 3.53. The molecule has 1 aromatic carbocycles. The number of halogens is 2. The van der Waals surface area contributed by atoms with Crippen LogP contribution in [0.25, 0.3) is 22.6 Å². The van der Waals surface area contributed by atoms with E-state index in [0.717, 1.165) is 29.8 Å². The molecule has 11 heteroatoms. The van der Waals surface area contributed by atoms with Crippen molar-refractivity contribution < 1.29 is 4.79 Å². The number of allylic oxidation sites excluding steroid dienone is 1. The highest BCUT2D eigenvalue weighted by atomic mass is 35.5. The van der Waals surface area contributed by atoms with Gasteiger partial charge in [0.05, 0.1) is 16.5 Å². The summed E-state index contributed by atoms with van der Waals surface area (Å²) in [5.41, 5.74) is 2.48. The third kappa shape index (κ3) is 5.90. The first-order valence-electron chi connectivity index (χ1n) is 10.4. The van der Waals surface area contributed by atoms with Gasteiger partial charge < -0.3 is 5.32 Å². The van der Waals surface area contributed by atoms with Crippen LogP contribution in [0.2, 0.25) is 10.0 Å². The topological polar surface area (TPSA) is 72.7 Å². The number of thioether (sulfide) groups is 1. The molecule has 3 heterocycles. The van der Waals surface area contributed by atoms with Crippen molar-refractivity contribution in [3.63, 3.8) is 0 Å². The van der Waals surface area contributed by atoms with E-state index in [1.807, 2.05) is 16.0 Å². The number of nitrogens with one attached hydrogen (secondary N) is 1. The molecule has 34 heavy (non-hydrogen) atoms. The second kappa shape index (κ2) is 11.5. The minimum Gasteiger partial charge on any atom is -0.301 e. The van der Waals surface area contributed by atoms with Crippen molar-refractivity contribution in [3.05, 3.63) is 62.6 Å². The van der Waals surface area contributed by atoms with Gasteiger partial charge in [-0.3, -0.25) is 9.36 Å². The summed E-state index contributed by atoms with van der Waals surface area (Å²) in [6, 6.07) is 7.39. The summed E-state index contributed by atoms with van der Waals surface area (Å²) in [5, 5.41) is 17.7. The number of benzene rings is 1. The molecule has 0 unspecified atom stereocenters. The molecule has 0 atom stereocenters. The fourth-order valence-electron chi connectivity index (χ4n) is 3.22. The standard InChI is InChI=1S/C23H21Cl2N5OS3/c1-3-5-16-9-14(11-32-16)21-28-29-23(30(21)8-4-2)34-13-20(31)27-22-26-19(12-33-22)17-7-6-15(24)10-18(17)25/h4,6-7,9-12H,2-3,5,8,13H2,1H3,(H,26,27,31). The third-order valence-corrected chi connectivity index (χ3v) is 8.00. The van der Waals surface area contributed by atoms with Crippen molar-refractivity contribution >= 4 is 68.7 Å². The van der Waals surface area contributed by atoms with Crippen molar-refractivity contribution in [1.82, 2.24) is 19.7 Å². The summed E-state index contributed by atoms with van der Waals surface area (Å²) in [4.78, 5) is 18.4. The van der Waals surface area contributed by atoms with E-state index in [9.17, 15) is 4.79 Å². The molecule has 0 fully saturated rings. The van der Waals surface area contributed by atoms with Crippen molar-refractivity contribution in [2.24, 2.45) is 0 Å². The fourth-order valence-corrected chi connectivity index (χ4v) is 6.16. The molecular weight excluding hydrogens is 529 g/mol. The first-order valence-corrected chi connectivity index (χ1v) is 13.9. The normalized spacial score (nSPS) is 11.0. The van der Waals surface area contributed by atoms with E-state index in [1.54, 1.807) is 29.5 Å². The highest BCUT2D eigenvalue weighted by Gasteiger charge is 2.17. The molecule has 0 radical (unpaired) electrons. The molecule has 1 amide bonds. The number of anilines is 1. The van der Waals surface area contributed by atoms with E-state index < -0.39 is 0 Å². The van der Waals surface area contributed by atoms with Crippen molar-refractivity contribution in [3.8, 4) is 22.6 Å². The molecular formula is C23H21Cl2N5OS3. The quantitative estimate of drug-likeness (QED) is 0.166. The highest BCUT2D eigenvalue weighted by molar-refractivity contribution is 7.99. The Morgan fingerprint density at radius 1 is 1.24 bits per heavy atom. The van der Waals surface area contributed by atoms with Gasteiger partial charge in [-0.1, -0.05) is 54.4 Å². The van der Waals surface area contributed by atoms with Gasteiger partial charge in [0, 0.05) is 38.3 Å². The summed E-state index contributed by atoms with van der Waals surface area (Å²) in [7, 11) is 0. The van der Waals surface area contributed by atoms with Gasteiger partial charge in [0.1, 0.15) is 0 Å². The fraction of sp³-hybridized carbons (Fsp3) is 0.217. The maximum absolute atomic E-state index is 12.6. The lowest BCUT2D eigenvalue weighted by Gasteiger charge is -2.06. The van der Waals surface area contributed by atoms with Crippen LogP contribution in [0.3, 0.4) is 0 Å². The zero-order chi connectivity index (χ0) is 24.1. The molecule has 1 N–H and O–H groups in total. The molecule has 0 aliphatic rings. The zero-order valence-corrected chi connectivity index (χ0v) is 22.2. The Morgan fingerprint density at radius 2 is 2.09 bits per heavy atom. The number of rotatable bonds is 10. The summed E-state index contributed by atoms with van der Waals surface area (Å²) in [5.74, 6) is 0.783. The average molecular weight is 551 g/mol. The molecule has 6 nitrogen and oxygen atoms in total. The van der Waals surface area contributed by atoms with Crippen molar-refractivity contribution in [1.29, 1.82) is 0 Å². The number of aryl methyl sites for hydroxylation is 1. The monoisotopic (exact) mass is 549 g/mol. The Balaban J connectivity index is 1.41. The smallest absolute Gasteiger partial charge is 0.236 e. The Hall–Kier alpha value is -2.17. The molecule has 0 aliphatic carbocycles. The van der Waals surface area contributed by atoms with Gasteiger partial charge in [-0.05, 0) is 30.7 Å². The molecule has 0 saturated heterocycles. The Labute approximate surface area is 220 Å². The van der Waals surface area contributed by atoms with Gasteiger partial charge in [-0.15, -0.1) is 39.4 Å². The molecule has 0 bridgehead atoms. The van der Waals surface area contributed by atoms with Gasteiger partial charge in [0.15, 0.2) is 16.1 Å². The summed E-state index contributed by atoms with van der Waals surface area (Å²) in [6.07, 6.45) is 3.95. The van der Waals surface area contributed by atoms with Crippen LogP contribution in [-0.4, -0.2) is 31.4 Å². The van der Waals surface area contributed by atoms with Crippen LogP contribution >= 0.6 is 57.6 Å². The van der Waals surface area contributed by atoms with E-state index in [2.05, 4.69) is 45.4 Å². The zero-order valence-electron chi connectivity index (χ0n) is 18.3. The van der Waals surface area contributed by atoms with E-state index in [0.29, 0.717) is 32.6 Å². The lowest BCUT2D eigenvalue weighted by atomic mass is 10.2. The van der Waals surface area contributed by atoms with Crippen molar-refractivity contribution in [2.75, 3.05) is 11.1 Å². The van der Waals surface area contributed by atoms with Crippen molar-refractivity contribution in [2.45, 2.75) is 31.5 Å². The summed E-state index contributed by atoms with van der Waals surface area (Å²) in [6.45, 7) is 6.57. The van der Waals surface area contributed by atoms with Crippen LogP contribution < -0.4 is 5.32 Å². The minimum atomic E-state index is -0.177. The number of hydrogen-bond acceptors (Lipinski definition) is 7. The van der Waals surface area contributed by atoms with E-state index >= 15 is 0 Å². The minimum absolute atomic E-state index is 0.177. The second-order valence-corrected chi connectivity index (χ2v) is 10.9. The molecule has 0 saturated carbocycles. The molecule has 176 valence electrons. The number of amides is 1. The first-order chi connectivity index (χ1) is 16.5. The molecule has 0 aliphatic heterocycles. The maximum atomic E-state index is 12.6. The van der Waals surface area contributed by atoms with Gasteiger partial charge >= 0.3 is 0 Å². The predicted molar refractivity (Wildman–Crippen MR) is 144 cm³/mol. The van der Waals surface area contributed by atoms with E-state index in [-0.39, 0.29) is 11.7 Å². The van der Waals surface area contributed by atoms with Crippen LogP contribution in [0.4, 0.5) is 5.13 Å². The van der Waals surface area contributed by atoms with E-state index in [4.69, 9.17) is 23.2 Å². The van der Waals surface area contributed by atoms with Crippen LogP contribution in [0.1, 0.15) is 18.2 Å². The van der Waals surface area contributed by atoms with Crippen LogP contribution in [0, 0.1) is 0 Å². The Kier molecular flexibility index (Phi) is 8.44. The summed E-state index contributed by atoms with van der Waals surface area (Å²) < 4.78 is 1.98. The molecule has 4 aromatic rings. The van der Waals surface area contributed by atoms with E-state index in [1.165, 1.54) is 28.0 Å². The van der Waals surface area contributed by atoms with Gasteiger partial charge in [-0.2, -0.15) is 0 Å². The number of aromatic nitrogens is 4. The lowest BCUT2D eigenvalue weighted by molar-refractivity contribution is -0.113. The highest BCUT2D eigenvalue weighted by Crippen LogP contribution is 2.33. The first kappa shape index (κ1) is 24.9. The Morgan fingerprint density at radius 3 is 2.85 bits per heavy atom. The molecule has 4 rings (SSSR count). The number of carbonyl (C=O) groups is 1. The van der Waals surface area contributed by atoms with Crippen LogP contribution in [0.5, 0.6) is 0 Å². The van der Waals surface area contributed by atoms with Crippen LogP contribution in [0.15, 0.2) is 52.8 Å². The molecule has 3 aromatic heterocycles. The Bertz CT molecular complexity index is 1310. The van der Waals surface area contributed by atoms with Gasteiger partial charge in [0.25, 0.3) is 0 Å². The number of nitrogens with zero attached hydrogens (tertiary/aromatic N) is 4. The number of carbonyl (C=O) groups excluding carboxylic acids is 1. The predicted octanol–water partition coefficient (Wildman–Crippen LogP) is 7.31. The lowest BCUT2D eigenvalue weighted by Crippen LogP contribution is -2.14. The number of thiophene rings is 1. The number of hydrogen-bond donors (Lipinski definition) is 1. The third-order valence-electron chi connectivity index (χ3n) is 4.73. The van der Waals surface area contributed by atoms with Gasteiger partial charge in [-0.25, -0.2) is 4.98 Å². The maximum Gasteiger partial charge on any atom is 0.236 e. The summed E-state index contributed by atoms with van der Waals surface area (Å²) >= 11 is 16.6. The molecule has 0 spiro atoms. The van der Waals surface area contributed by atoms with Gasteiger partial charge in [0.2, 0.25) is 5.91 Å². The largest absolute Gasteiger partial charge is 0.301 e. The number of thiazole rings is 1. The van der Waals surface area contributed by atoms with Crippen LogP contribution in [-0.2, 0) is 17.8 Å². The second-order valence-electron chi connectivity index (χ2n) is 7.26. The SMILES string of the molecule is C=CCn1c(SCC(=O)Nc2nc(-c3ccc(Cl)cc3Cl)cs2)nnc1-c1csc(CCC)c1.